The van der Waals surface area contributed by atoms with Gasteiger partial charge in [-0.25, -0.2) is 0 Å². The summed E-state index contributed by atoms with van der Waals surface area (Å²) in [6.45, 7) is 2.38. The van der Waals surface area contributed by atoms with Crippen molar-refractivity contribution in [3.05, 3.63) is 44.8 Å². The summed E-state index contributed by atoms with van der Waals surface area (Å²) in [4.78, 5) is 2.88. The maximum absolute atomic E-state index is 3.91. The third-order valence-corrected chi connectivity index (χ3v) is 6.32. The van der Waals surface area contributed by atoms with Crippen molar-refractivity contribution in [3.8, 4) is 0 Å². The lowest BCUT2D eigenvalue weighted by atomic mass is 9.84. The minimum Gasteiger partial charge on any atom is -0.302 e. The highest BCUT2D eigenvalue weighted by molar-refractivity contribution is 7.11. The minimum atomic E-state index is 0.381. The van der Waals surface area contributed by atoms with Crippen molar-refractivity contribution in [2.45, 2.75) is 51.1 Å². The van der Waals surface area contributed by atoms with Gasteiger partial charge in [-0.3, -0.25) is 0 Å². The topological polar surface area (TPSA) is 12.0 Å². The summed E-state index contributed by atoms with van der Waals surface area (Å²) in [7, 11) is 0. The van der Waals surface area contributed by atoms with Gasteiger partial charge in [0.2, 0.25) is 0 Å². The van der Waals surface area contributed by atoms with Gasteiger partial charge in [0.25, 0.3) is 0 Å². The van der Waals surface area contributed by atoms with E-state index in [4.69, 9.17) is 0 Å². The van der Waals surface area contributed by atoms with Gasteiger partial charge >= 0.3 is 0 Å². The zero-order valence-electron chi connectivity index (χ0n) is 12.0. The van der Waals surface area contributed by atoms with Crippen molar-refractivity contribution in [2.75, 3.05) is 0 Å². The lowest BCUT2D eigenvalue weighted by Gasteiger charge is -2.31. The van der Waals surface area contributed by atoms with Crippen LogP contribution >= 0.6 is 22.7 Å². The van der Waals surface area contributed by atoms with Crippen LogP contribution in [0.3, 0.4) is 0 Å². The van der Waals surface area contributed by atoms with Gasteiger partial charge in [-0.1, -0.05) is 31.4 Å². The Morgan fingerprint density at radius 1 is 1.00 bits per heavy atom. The Morgan fingerprint density at radius 3 is 2.10 bits per heavy atom. The summed E-state index contributed by atoms with van der Waals surface area (Å²) in [5, 5.41) is 8.28. The predicted molar refractivity (Wildman–Crippen MR) is 89.7 cm³/mol. The lowest BCUT2D eigenvalue weighted by Crippen LogP contribution is -2.37. The predicted octanol–water partition coefficient (Wildman–Crippen LogP) is 5.46. The van der Waals surface area contributed by atoms with Gasteiger partial charge in [0.05, 0.1) is 6.04 Å². The Balaban J connectivity index is 1.73. The number of rotatable bonds is 5. The molecule has 1 atom stereocenters. The van der Waals surface area contributed by atoms with E-state index in [0.29, 0.717) is 12.1 Å². The number of thiophene rings is 2. The SMILES string of the molecule is CC(NC(c1cccs1)c1cccs1)C1CCCCC1. The van der Waals surface area contributed by atoms with Crippen LogP contribution in [-0.4, -0.2) is 6.04 Å². The Morgan fingerprint density at radius 2 is 1.60 bits per heavy atom. The van der Waals surface area contributed by atoms with Gasteiger partial charge in [-0.05, 0) is 48.6 Å². The second-order valence-electron chi connectivity index (χ2n) is 5.82. The average molecular weight is 306 g/mol. The quantitative estimate of drug-likeness (QED) is 0.773. The molecule has 1 aliphatic carbocycles. The zero-order chi connectivity index (χ0) is 13.8. The molecule has 108 valence electrons. The molecular formula is C17H23NS2. The molecule has 2 aromatic heterocycles. The Bertz CT molecular complexity index is 449. The van der Waals surface area contributed by atoms with Crippen LogP contribution in [0.25, 0.3) is 0 Å². The molecule has 0 spiro atoms. The van der Waals surface area contributed by atoms with Crippen molar-refractivity contribution in [2.24, 2.45) is 5.92 Å². The summed E-state index contributed by atoms with van der Waals surface area (Å²) >= 11 is 3.72. The normalized spacial score (nSPS) is 18.5. The number of hydrogen-bond acceptors (Lipinski definition) is 3. The molecule has 0 aliphatic heterocycles. The molecule has 0 amide bonds. The Labute approximate surface area is 130 Å². The maximum atomic E-state index is 3.91. The summed E-state index contributed by atoms with van der Waals surface area (Å²) in [5.41, 5.74) is 0. The van der Waals surface area contributed by atoms with Crippen molar-refractivity contribution < 1.29 is 0 Å². The second kappa shape index (κ2) is 6.88. The van der Waals surface area contributed by atoms with Crippen LogP contribution in [0.1, 0.15) is 54.8 Å². The minimum absolute atomic E-state index is 0.381. The summed E-state index contributed by atoms with van der Waals surface area (Å²) in [6.07, 6.45) is 7.06. The highest BCUT2D eigenvalue weighted by Gasteiger charge is 2.24. The molecule has 1 unspecified atom stereocenters. The number of nitrogens with one attached hydrogen (secondary N) is 1. The molecule has 2 aromatic rings. The molecule has 1 saturated carbocycles. The van der Waals surface area contributed by atoms with Crippen molar-refractivity contribution in [1.29, 1.82) is 0 Å². The Kier molecular flexibility index (Phi) is 4.92. The van der Waals surface area contributed by atoms with Gasteiger partial charge in [-0.2, -0.15) is 0 Å². The molecule has 1 nitrogen and oxygen atoms in total. The van der Waals surface area contributed by atoms with E-state index in [9.17, 15) is 0 Å². The smallest absolute Gasteiger partial charge is 0.0766 e. The summed E-state index contributed by atoms with van der Waals surface area (Å²) in [6, 6.07) is 9.82. The highest BCUT2D eigenvalue weighted by atomic mass is 32.1. The molecular weight excluding hydrogens is 282 g/mol. The van der Waals surface area contributed by atoms with Crippen LogP contribution in [0.4, 0.5) is 0 Å². The average Bonchev–Trinajstić information content (AvgIpc) is 3.19. The fourth-order valence-corrected chi connectivity index (χ4v) is 4.93. The van der Waals surface area contributed by atoms with Gasteiger partial charge in [0.1, 0.15) is 0 Å². The first-order valence-corrected chi connectivity index (χ1v) is 9.43. The first kappa shape index (κ1) is 14.3. The maximum Gasteiger partial charge on any atom is 0.0766 e. The van der Waals surface area contributed by atoms with Crippen LogP contribution < -0.4 is 5.32 Å². The molecule has 0 saturated heterocycles. The van der Waals surface area contributed by atoms with Gasteiger partial charge < -0.3 is 5.32 Å². The molecule has 1 fully saturated rings. The van der Waals surface area contributed by atoms with E-state index < -0.39 is 0 Å². The van der Waals surface area contributed by atoms with Gasteiger partial charge in [0.15, 0.2) is 0 Å². The van der Waals surface area contributed by atoms with E-state index in [0.717, 1.165) is 5.92 Å². The molecule has 2 heterocycles. The third-order valence-electron chi connectivity index (χ3n) is 4.44. The molecule has 0 aromatic carbocycles. The summed E-state index contributed by atoms with van der Waals surface area (Å²) < 4.78 is 0. The monoisotopic (exact) mass is 305 g/mol. The fraction of sp³-hybridized carbons (Fsp3) is 0.529. The standard InChI is InChI=1S/C17H23NS2/c1-13(14-7-3-2-4-8-14)18-17(15-9-5-11-19-15)16-10-6-12-20-16/h5-6,9-14,17-18H,2-4,7-8H2,1H3. The van der Waals surface area contributed by atoms with Crippen molar-refractivity contribution in [3.63, 3.8) is 0 Å². The molecule has 1 N–H and O–H groups in total. The van der Waals surface area contributed by atoms with E-state index in [1.54, 1.807) is 0 Å². The summed E-state index contributed by atoms with van der Waals surface area (Å²) in [5.74, 6) is 0.853. The molecule has 3 rings (SSSR count). The van der Waals surface area contributed by atoms with Gasteiger partial charge in [0, 0.05) is 15.8 Å². The highest BCUT2D eigenvalue weighted by Crippen LogP contribution is 2.32. The number of hydrogen-bond donors (Lipinski definition) is 1. The van der Waals surface area contributed by atoms with Crippen LogP contribution in [0, 0.1) is 5.92 Å². The Hall–Kier alpha value is -0.640. The van der Waals surface area contributed by atoms with Crippen LogP contribution in [0.5, 0.6) is 0 Å². The zero-order valence-corrected chi connectivity index (χ0v) is 13.7. The third kappa shape index (κ3) is 3.33. The van der Waals surface area contributed by atoms with Crippen LogP contribution in [-0.2, 0) is 0 Å². The van der Waals surface area contributed by atoms with E-state index in [1.807, 2.05) is 22.7 Å². The molecule has 0 radical (unpaired) electrons. The second-order valence-corrected chi connectivity index (χ2v) is 7.78. The molecule has 1 aliphatic rings. The molecule has 3 heteroatoms. The van der Waals surface area contributed by atoms with Crippen LogP contribution in [0.2, 0.25) is 0 Å². The van der Waals surface area contributed by atoms with E-state index in [1.165, 1.54) is 41.9 Å². The van der Waals surface area contributed by atoms with E-state index in [2.05, 4.69) is 47.3 Å². The van der Waals surface area contributed by atoms with Gasteiger partial charge in [-0.15, -0.1) is 22.7 Å². The first-order valence-electron chi connectivity index (χ1n) is 7.67. The molecule has 20 heavy (non-hydrogen) atoms. The first-order chi connectivity index (χ1) is 9.84. The van der Waals surface area contributed by atoms with E-state index in [-0.39, 0.29) is 0 Å². The molecule has 0 bridgehead atoms. The fourth-order valence-electron chi connectivity index (χ4n) is 3.25. The lowest BCUT2D eigenvalue weighted by molar-refractivity contribution is 0.273. The van der Waals surface area contributed by atoms with E-state index >= 15 is 0 Å². The largest absolute Gasteiger partial charge is 0.302 e. The van der Waals surface area contributed by atoms with Crippen molar-refractivity contribution >= 4 is 22.7 Å². The van der Waals surface area contributed by atoms with Crippen LogP contribution in [0.15, 0.2) is 35.0 Å². The van der Waals surface area contributed by atoms with Crippen molar-refractivity contribution in [1.82, 2.24) is 5.32 Å².